The Labute approximate surface area is 195 Å². The van der Waals surface area contributed by atoms with E-state index >= 15 is 0 Å². The van der Waals surface area contributed by atoms with Crippen molar-refractivity contribution in [2.75, 3.05) is 5.75 Å². The SMILES string of the molecule is O=C(CSc1nnc(-c2cccnc2)n1-c1ccc(Br)cc1)NN=Cc1ccccc1F. The Hall–Kier alpha value is -3.37. The maximum absolute atomic E-state index is 13.6. The molecule has 10 heteroatoms. The van der Waals surface area contributed by atoms with Gasteiger partial charge in [-0.25, -0.2) is 9.82 Å². The van der Waals surface area contributed by atoms with Gasteiger partial charge in [-0.3, -0.25) is 14.3 Å². The molecule has 0 radical (unpaired) electrons. The summed E-state index contributed by atoms with van der Waals surface area (Å²) in [5.41, 5.74) is 4.34. The predicted octanol–water partition coefficient (Wildman–Crippen LogP) is 4.47. The van der Waals surface area contributed by atoms with Gasteiger partial charge in [0, 0.05) is 33.7 Å². The highest BCUT2D eigenvalue weighted by Crippen LogP contribution is 2.28. The molecule has 0 saturated carbocycles. The summed E-state index contributed by atoms with van der Waals surface area (Å²) in [7, 11) is 0. The molecule has 0 aliphatic heterocycles. The van der Waals surface area contributed by atoms with Gasteiger partial charge in [-0.05, 0) is 42.5 Å². The number of thioether (sulfide) groups is 1. The Morgan fingerprint density at radius 2 is 1.94 bits per heavy atom. The van der Waals surface area contributed by atoms with E-state index in [-0.39, 0.29) is 17.2 Å². The van der Waals surface area contributed by atoms with Crippen molar-refractivity contribution in [2.45, 2.75) is 5.16 Å². The molecular weight excluding hydrogens is 495 g/mol. The maximum atomic E-state index is 13.6. The van der Waals surface area contributed by atoms with E-state index in [1.165, 1.54) is 24.0 Å². The van der Waals surface area contributed by atoms with E-state index in [1.807, 2.05) is 41.0 Å². The lowest BCUT2D eigenvalue weighted by Crippen LogP contribution is -2.20. The molecule has 0 atom stereocenters. The number of nitrogens with one attached hydrogen (secondary N) is 1. The van der Waals surface area contributed by atoms with Crippen LogP contribution in [-0.2, 0) is 4.79 Å². The molecule has 0 aliphatic carbocycles. The van der Waals surface area contributed by atoms with Crippen molar-refractivity contribution in [3.05, 3.63) is 88.9 Å². The fourth-order valence-corrected chi connectivity index (χ4v) is 3.79. The third kappa shape index (κ3) is 5.27. The highest BCUT2D eigenvalue weighted by molar-refractivity contribution is 9.10. The van der Waals surface area contributed by atoms with Crippen LogP contribution in [0.25, 0.3) is 17.1 Å². The van der Waals surface area contributed by atoms with E-state index in [9.17, 15) is 9.18 Å². The van der Waals surface area contributed by atoms with Gasteiger partial charge < -0.3 is 0 Å². The first kappa shape index (κ1) is 21.8. The Bertz CT molecular complexity index is 1250. The van der Waals surface area contributed by atoms with Crippen molar-refractivity contribution in [3.8, 4) is 17.1 Å². The average Bonchev–Trinajstić information content (AvgIpc) is 3.24. The molecule has 0 bridgehead atoms. The Kier molecular flexibility index (Phi) is 7.03. The number of halogens is 2. The van der Waals surface area contributed by atoms with Crippen LogP contribution in [0, 0.1) is 5.82 Å². The van der Waals surface area contributed by atoms with Crippen LogP contribution in [0.5, 0.6) is 0 Å². The van der Waals surface area contributed by atoms with Crippen molar-refractivity contribution in [2.24, 2.45) is 5.10 Å². The number of pyridine rings is 1. The minimum absolute atomic E-state index is 0.0519. The number of rotatable bonds is 7. The number of amides is 1. The summed E-state index contributed by atoms with van der Waals surface area (Å²) in [6, 6.07) is 17.6. The lowest BCUT2D eigenvalue weighted by atomic mass is 10.2. The van der Waals surface area contributed by atoms with E-state index in [0.29, 0.717) is 11.0 Å². The molecule has 2 aromatic heterocycles. The molecule has 2 aromatic carbocycles. The van der Waals surface area contributed by atoms with Gasteiger partial charge in [-0.1, -0.05) is 45.9 Å². The molecule has 0 saturated heterocycles. The smallest absolute Gasteiger partial charge is 0.250 e. The van der Waals surface area contributed by atoms with Gasteiger partial charge in [0.15, 0.2) is 11.0 Å². The van der Waals surface area contributed by atoms with E-state index in [2.05, 4.69) is 41.6 Å². The number of benzene rings is 2. The van der Waals surface area contributed by atoms with Crippen LogP contribution in [0.1, 0.15) is 5.56 Å². The van der Waals surface area contributed by atoms with Crippen LogP contribution in [0.2, 0.25) is 0 Å². The van der Waals surface area contributed by atoms with Crippen molar-refractivity contribution in [1.82, 2.24) is 25.2 Å². The summed E-state index contributed by atoms with van der Waals surface area (Å²) >= 11 is 4.66. The molecule has 0 aliphatic rings. The maximum Gasteiger partial charge on any atom is 0.250 e. The van der Waals surface area contributed by atoms with Gasteiger partial charge in [0.1, 0.15) is 5.82 Å². The number of aromatic nitrogens is 4. The van der Waals surface area contributed by atoms with Crippen molar-refractivity contribution in [3.63, 3.8) is 0 Å². The zero-order valence-electron chi connectivity index (χ0n) is 16.5. The summed E-state index contributed by atoms with van der Waals surface area (Å²) in [6.07, 6.45) is 4.66. The first-order chi connectivity index (χ1) is 15.6. The highest BCUT2D eigenvalue weighted by atomic mass is 79.9. The topological polar surface area (TPSA) is 85.1 Å². The molecule has 0 fully saturated rings. The minimum atomic E-state index is -0.412. The van der Waals surface area contributed by atoms with E-state index in [1.54, 1.807) is 30.6 Å². The van der Waals surface area contributed by atoms with Gasteiger partial charge >= 0.3 is 0 Å². The van der Waals surface area contributed by atoms with E-state index in [0.717, 1.165) is 15.7 Å². The van der Waals surface area contributed by atoms with E-state index < -0.39 is 5.82 Å². The second-order valence-electron chi connectivity index (χ2n) is 6.46. The van der Waals surface area contributed by atoms with Crippen LogP contribution >= 0.6 is 27.7 Å². The summed E-state index contributed by atoms with van der Waals surface area (Å²) in [5.74, 6) is -0.0989. The monoisotopic (exact) mass is 510 g/mol. The molecule has 0 spiro atoms. The normalized spacial score (nSPS) is 11.1. The second-order valence-corrected chi connectivity index (χ2v) is 8.32. The predicted molar refractivity (Wildman–Crippen MR) is 125 cm³/mol. The second kappa shape index (κ2) is 10.3. The van der Waals surface area contributed by atoms with Crippen LogP contribution in [-0.4, -0.2) is 37.6 Å². The molecule has 1 amide bonds. The quantitative estimate of drug-likeness (QED) is 0.225. The van der Waals surface area contributed by atoms with Crippen LogP contribution in [0.4, 0.5) is 4.39 Å². The average molecular weight is 511 g/mol. The number of carbonyl (C=O) groups is 1. The Morgan fingerprint density at radius 1 is 1.12 bits per heavy atom. The first-order valence-corrected chi connectivity index (χ1v) is 11.2. The zero-order chi connectivity index (χ0) is 22.3. The van der Waals surface area contributed by atoms with Crippen LogP contribution < -0.4 is 5.43 Å². The standard InChI is InChI=1S/C22H16BrFN6OS/c23-17-7-9-18(10-8-17)30-21(16-5-3-11-25-12-16)28-29-22(30)32-14-20(31)27-26-13-15-4-1-2-6-19(15)24/h1-13H,14H2,(H,27,31). The fourth-order valence-electron chi connectivity index (χ4n) is 2.78. The molecular formula is C22H16BrFN6OS. The van der Waals surface area contributed by atoms with Crippen molar-refractivity contribution in [1.29, 1.82) is 0 Å². The molecule has 32 heavy (non-hydrogen) atoms. The largest absolute Gasteiger partial charge is 0.272 e. The molecule has 160 valence electrons. The number of hydrogen-bond acceptors (Lipinski definition) is 6. The van der Waals surface area contributed by atoms with Crippen LogP contribution in [0.3, 0.4) is 0 Å². The molecule has 0 unspecified atom stereocenters. The third-order valence-electron chi connectivity index (χ3n) is 4.27. The Morgan fingerprint density at radius 3 is 2.69 bits per heavy atom. The fraction of sp³-hybridized carbons (Fsp3) is 0.0455. The lowest BCUT2D eigenvalue weighted by Gasteiger charge is -2.10. The molecule has 1 N–H and O–H groups in total. The summed E-state index contributed by atoms with van der Waals surface area (Å²) in [5, 5.41) is 12.9. The van der Waals surface area contributed by atoms with Crippen molar-refractivity contribution < 1.29 is 9.18 Å². The van der Waals surface area contributed by atoms with Gasteiger partial charge in [-0.15, -0.1) is 10.2 Å². The summed E-state index contributed by atoms with van der Waals surface area (Å²) < 4.78 is 16.4. The van der Waals surface area contributed by atoms with Crippen LogP contribution in [0.15, 0.2) is 87.8 Å². The third-order valence-corrected chi connectivity index (χ3v) is 5.73. The lowest BCUT2D eigenvalue weighted by molar-refractivity contribution is -0.118. The number of nitrogens with zero attached hydrogens (tertiary/aromatic N) is 5. The summed E-state index contributed by atoms with van der Waals surface area (Å²) in [4.78, 5) is 16.4. The van der Waals surface area contributed by atoms with Gasteiger partial charge in [0.2, 0.25) is 0 Å². The molecule has 4 rings (SSSR count). The molecule has 4 aromatic rings. The minimum Gasteiger partial charge on any atom is -0.272 e. The van der Waals surface area contributed by atoms with Gasteiger partial charge in [0.25, 0.3) is 5.91 Å². The highest BCUT2D eigenvalue weighted by Gasteiger charge is 2.17. The van der Waals surface area contributed by atoms with Crippen molar-refractivity contribution >= 4 is 39.8 Å². The summed E-state index contributed by atoms with van der Waals surface area (Å²) in [6.45, 7) is 0. The molecule has 2 heterocycles. The zero-order valence-corrected chi connectivity index (χ0v) is 18.9. The van der Waals surface area contributed by atoms with Gasteiger partial charge in [0.05, 0.1) is 12.0 Å². The van der Waals surface area contributed by atoms with Gasteiger partial charge in [-0.2, -0.15) is 5.10 Å². The number of hydrazone groups is 1. The number of carbonyl (C=O) groups excluding carboxylic acids is 1. The van der Waals surface area contributed by atoms with E-state index in [4.69, 9.17) is 0 Å². The first-order valence-electron chi connectivity index (χ1n) is 9.43. The Balaban J connectivity index is 1.51. The number of hydrogen-bond donors (Lipinski definition) is 1. The molecule has 7 nitrogen and oxygen atoms in total.